The summed E-state index contributed by atoms with van der Waals surface area (Å²) in [4.78, 5) is 22.3. The van der Waals surface area contributed by atoms with E-state index in [1.807, 2.05) is 10.6 Å². The van der Waals surface area contributed by atoms with Crippen molar-refractivity contribution in [3.8, 4) is 0 Å². The van der Waals surface area contributed by atoms with Crippen molar-refractivity contribution in [1.82, 2.24) is 10.6 Å². The highest BCUT2D eigenvalue weighted by Crippen LogP contribution is 2.38. The molecule has 0 aromatic rings. The van der Waals surface area contributed by atoms with Gasteiger partial charge in [0.25, 0.3) is 0 Å². The van der Waals surface area contributed by atoms with Crippen LogP contribution in [0.2, 0.25) is 0 Å². The normalized spacial score (nSPS) is 14.0. The minimum absolute atomic E-state index is 0.0666. The van der Waals surface area contributed by atoms with Gasteiger partial charge in [0, 0.05) is 17.7 Å². The molecule has 0 radical (unpaired) electrons. The lowest BCUT2D eigenvalue weighted by molar-refractivity contribution is -0.279. The largest absolute Gasteiger partial charge is 0.705 e. The lowest BCUT2D eigenvalue weighted by atomic mass is 10.5. The molecule has 164 valence electrons. The Morgan fingerprint density at radius 3 is 1.39 bits per heavy atom. The summed E-state index contributed by atoms with van der Waals surface area (Å²) in [5.41, 5.74) is 0. The highest BCUT2D eigenvalue weighted by atomic mass is 31.1. The van der Waals surface area contributed by atoms with E-state index in [-0.39, 0.29) is 13.1 Å². The van der Waals surface area contributed by atoms with Crippen molar-refractivity contribution in [1.29, 1.82) is 0 Å². The van der Waals surface area contributed by atoms with Crippen LogP contribution < -0.4 is 10.6 Å². The molecule has 28 heavy (non-hydrogen) atoms. The zero-order valence-electron chi connectivity index (χ0n) is 14.6. The number of halogens is 6. The highest BCUT2D eigenvalue weighted by Gasteiger charge is 2.55. The van der Waals surface area contributed by atoms with Gasteiger partial charge in [0.2, 0.25) is 0 Å². The summed E-state index contributed by atoms with van der Waals surface area (Å²) in [6.07, 6.45) is -20.4. The molecule has 0 bridgehead atoms. The predicted octanol–water partition coefficient (Wildman–Crippen LogP) is 3.73. The van der Waals surface area contributed by atoms with E-state index in [1.165, 1.54) is 0 Å². The molecular formula is C12H18F6N2O7P+. The van der Waals surface area contributed by atoms with Crippen LogP contribution in [-0.2, 0) is 23.1 Å². The third-order valence-corrected chi connectivity index (χ3v) is 3.09. The van der Waals surface area contributed by atoms with E-state index in [1.54, 1.807) is 13.8 Å². The summed E-state index contributed by atoms with van der Waals surface area (Å²) in [5, 5.41) is 3.77. The molecule has 0 aliphatic heterocycles. The van der Waals surface area contributed by atoms with Crippen molar-refractivity contribution in [3.63, 3.8) is 0 Å². The zero-order valence-corrected chi connectivity index (χ0v) is 15.5. The Bertz CT molecular complexity index is 488. The van der Waals surface area contributed by atoms with Gasteiger partial charge in [-0.1, -0.05) is 22.9 Å². The Morgan fingerprint density at radius 1 is 0.821 bits per heavy atom. The van der Waals surface area contributed by atoms with Gasteiger partial charge in [0.1, 0.15) is 0 Å². The van der Waals surface area contributed by atoms with E-state index in [9.17, 15) is 40.5 Å². The van der Waals surface area contributed by atoms with E-state index in [0.29, 0.717) is 12.8 Å². The summed E-state index contributed by atoms with van der Waals surface area (Å²) in [6.45, 7) is 3.03. The Morgan fingerprint density at radius 2 is 1.14 bits per heavy atom. The lowest BCUT2D eigenvalue weighted by Gasteiger charge is -2.17. The molecule has 0 unspecified atom stereocenters. The second-order valence-corrected chi connectivity index (χ2v) is 5.71. The van der Waals surface area contributed by atoms with Gasteiger partial charge in [0.15, 0.2) is 0 Å². The molecule has 9 nitrogen and oxygen atoms in total. The first-order chi connectivity index (χ1) is 12.8. The highest BCUT2D eigenvalue weighted by molar-refractivity contribution is 7.33. The van der Waals surface area contributed by atoms with E-state index in [0.717, 1.165) is 0 Å². The minimum Gasteiger partial charge on any atom is -0.405 e. The lowest BCUT2D eigenvalue weighted by Crippen LogP contribution is -2.40. The van der Waals surface area contributed by atoms with E-state index >= 15 is 0 Å². The summed E-state index contributed by atoms with van der Waals surface area (Å²) in [6, 6.07) is 0. The number of carbonyl (C=O) groups is 2. The number of carbonyl (C=O) groups excluding carboxylic acids is 2. The molecule has 2 amide bonds. The third-order valence-electron chi connectivity index (χ3n) is 2.36. The Labute approximate surface area is 156 Å². The number of hydrogen-bond acceptors (Lipinski definition) is 7. The number of rotatable bonds is 10. The van der Waals surface area contributed by atoms with Crippen LogP contribution in [0.1, 0.15) is 26.7 Å². The maximum atomic E-state index is 12.8. The van der Waals surface area contributed by atoms with Gasteiger partial charge >= 0.3 is 45.4 Å². The molecule has 0 spiro atoms. The first-order valence-electron chi connectivity index (χ1n) is 7.64. The van der Waals surface area contributed by atoms with Crippen LogP contribution in [-0.4, -0.2) is 50.2 Å². The molecule has 0 aromatic heterocycles. The third kappa shape index (κ3) is 11.1. The summed E-state index contributed by atoms with van der Waals surface area (Å²) in [5.74, 6) is 0. The van der Waals surface area contributed by atoms with Crippen LogP contribution in [0.5, 0.6) is 0 Å². The van der Waals surface area contributed by atoms with Crippen molar-refractivity contribution in [2.75, 3.05) is 13.1 Å². The maximum Gasteiger partial charge on any atom is 0.705 e. The van der Waals surface area contributed by atoms with Crippen molar-refractivity contribution in [3.05, 3.63) is 0 Å². The van der Waals surface area contributed by atoms with Gasteiger partial charge < -0.3 is 20.1 Å². The van der Waals surface area contributed by atoms with Crippen LogP contribution in [0, 0.1) is 0 Å². The van der Waals surface area contributed by atoms with Crippen LogP contribution in [0.15, 0.2) is 0 Å². The molecule has 0 aromatic carbocycles. The average molecular weight is 447 g/mol. The molecule has 0 saturated heterocycles. The summed E-state index contributed by atoms with van der Waals surface area (Å²) < 4.78 is 103. The number of ether oxygens (including phenoxy) is 2. The molecule has 2 N–H and O–H groups in total. The monoisotopic (exact) mass is 447 g/mol. The number of alkyl carbamates (subject to hydrolysis) is 2. The van der Waals surface area contributed by atoms with Gasteiger partial charge in [-0.3, -0.25) is 0 Å². The van der Waals surface area contributed by atoms with Crippen LogP contribution >= 0.6 is 8.25 Å². The van der Waals surface area contributed by atoms with Crippen molar-refractivity contribution < 1.29 is 59.0 Å². The van der Waals surface area contributed by atoms with E-state index in [4.69, 9.17) is 0 Å². The quantitative estimate of drug-likeness (QED) is 0.298. The molecule has 0 heterocycles. The number of amides is 2. The van der Waals surface area contributed by atoms with Crippen molar-refractivity contribution >= 4 is 20.4 Å². The van der Waals surface area contributed by atoms with Gasteiger partial charge in [-0.15, -0.1) is 0 Å². The van der Waals surface area contributed by atoms with Gasteiger partial charge in [-0.05, 0) is 12.8 Å². The molecule has 0 rings (SSSR count). The zero-order chi connectivity index (χ0) is 22.0. The first kappa shape index (κ1) is 26.1. The summed E-state index contributed by atoms with van der Waals surface area (Å²) in [7, 11) is -4.17. The Kier molecular flexibility index (Phi) is 11.1. The SMILES string of the molecule is CCCNC(=O)O[C@H](O[P+](=O)O[C@@H](OC(=O)NCCC)C(F)(F)F)C(F)(F)F. The number of nitrogens with one attached hydrogen (secondary N) is 2. The van der Waals surface area contributed by atoms with Gasteiger partial charge in [-0.2, -0.15) is 26.3 Å². The van der Waals surface area contributed by atoms with E-state index in [2.05, 4.69) is 18.5 Å². The summed E-state index contributed by atoms with van der Waals surface area (Å²) >= 11 is 0. The van der Waals surface area contributed by atoms with Crippen molar-refractivity contribution in [2.24, 2.45) is 0 Å². The fraction of sp³-hybridized carbons (Fsp3) is 0.833. The number of hydrogen-bond donors (Lipinski definition) is 2. The average Bonchev–Trinajstić information content (AvgIpc) is 2.55. The topological polar surface area (TPSA) is 112 Å². The minimum atomic E-state index is -5.44. The Hall–Kier alpha value is -1.86. The first-order valence-corrected chi connectivity index (χ1v) is 8.74. The maximum absolute atomic E-state index is 12.8. The fourth-order valence-corrected chi connectivity index (χ4v) is 1.90. The fourth-order valence-electron chi connectivity index (χ4n) is 1.21. The Balaban J connectivity index is 5.01. The molecule has 0 saturated carbocycles. The molecule has 16 heteroatoms. The number of alkyl halides is 6. The van der Waals surface area contributed by atoms with Crippen LogP contribution in [0.3, 0.4) is 0 Å². The van der Waals surface area contributed by atoms with Gasteiger partial charge in [0.05, 0.1) is 0 Å². The van der Waals surface area contributed by atoms with Crippen LogP contribution in [0.4, 0.5) is 35.9 Å². The standard InChI is InChI=1S/C12H17F6N2O7P/c1-3-5-19-9(21)24-7(11(13,14)15)26-28(23)27-8(12(16,17)18)25-10(22)20-6-4-2/h7-8H,3-6H2,1-2H3,(H-,19,20,21,22)/p+1/t7-,8-/m1/s1. The predicted molar refractivity (Wildman–Crippen MR) is 79.0 cm³/mol. The molecule has 0 fully saturated rings. The molecular weight excluding hydrogens is 429 g/mol. The molecule has 0 aliphatic rings. The van der Waals surface area contributed by atoms with Crippen LogP contribution in [0.25, 0.3) is 0 Å². The van der Waals surface area contributed by atoms with E-state index < -0.39 is 45.4 Å². The molecule has 2 atom stereocenters. The van der Waals surface area contributed by atoms with Gasteiger partial charge in [-0.25, -0.2) is 9.59 Å². The van der Waals surface area contributed by atoms with Crippen molar-refractivity contribution in [2.45, 2.75) is 51.6 Å². The second-order valence-electron chi connectivity index (χ2n) is 4.85. The molecule has 0 aliphatic carbocycles. The second kappa shape index (κ2) is 11.9. The smallest absolute Gasteiger partial charge is 0.405 e.